The van der Waals surface area contributed by atoms with Gasteiger partial charge in [-0.05, 0) is 42.7 Å². The van der Waals surface area contributed by atoms with Crippen molar-refractivity contribution in [3.05, 3.63) is 22.4 Å². The summed E-state index contributed by atoms with van der Waals surface area (Å²) >= 11 is 1.52. The second kappa shape index (κ2) is 9.52. The SMILES string of the molecule is CCNC(=NCC(C)(O)c1ccsc1)NCCC(=O)NC1CCS(=O)(=O)C1. The highest BCUT2D eigenvalue weighted by atomic mass is 32.2. The van der Waals surface area contributed by atoms with E-state index in [-0.39, 0.29) is 36.4 Å². The molecule has 1 aromatic rings. The summed E-state index contributed by atoms with van der Waals surface area (Å²) in [4.78, 5) is 16.4. The molecule has 152 valence electrons. The third-order valence-corrected chi connectivity index (χ3v) is 6.73. The topological polar surface area (TPSA) is 120 Å². The Balaban J connectivity index is 1.79. The van der Waals surface area contributed by atoms with Gasteiger partial charge in [0.1, 0.15) is 5.60 Å². The zero-order valence-corrected chi connectivity index (χ0v) is 17.3. The molecule has 2 unspecified atom stereocenters. The fourth-order valence-corrected chi connectivity index (χ4v) is 5.20. The fraction of sp³-hybridized carbons (Fsp3) is 0.647. The van der Waals surface area contributed by atoms with Crippen LogP contribution in [0, 0.1) is 0 Å². The van der Waals surface area contributed by atoms with Gasteiger partial charge in [0, 0.05) is 25.6 Å². The third-order valence-electron chi connectivity index (χ3n) is 4.27. The molecule has 1 aliphatic rings. The number of sulfone groups is 1. The summed E-state index contributed by atoms with van der Waals surface area (Å²) in [6.07, 6.45) is 0.686. The Bertz CT molecular complexity index is 745. The number of aliphatic hydroxyl groups is 1. The molecule has 27 heavy (non-hydrogen) atoms. The van der Waals surface area contributed by atoms with Gasteiger partial charge in [-0.3, -0.25) is 4.79 Å². The standard InChI is InChI=1S/C17H28N4O4S2/c1-3-18-16(20-12-17(2,23)13-5-8-26-10-13)19-7-4-15(22)21-14-6-9-27(24,25)11-14/h5,8,10,14,23H,3-4,6-7,9,11-12H2,1-2H3,(H,21,22)(H2,18,19,20). The lowest BCUT2D eigenvalue weighted by Crippen LogP contribution is -2.41. The molecule has 0 bridgehead atoms. The summed E-state index contributed by atoms with van der Waals surface area (Å²) in [5, 5.41) is 23.2. The molecule has 1 aliphatic heterocycles. The van der Waals surface area contributed by atoms with Crippen molar-refractivity contribution in [3.63, 3.8) is 0 Å². The molecule has 4 N–H and O–H groups in total. The van der Waals surface area contributed by atoms with Crippen LogP contribution in [0.25, 0.3) is 0 Å². The predicted molar refractivity (Wildman–Crippen MR) is 108 cm³/mol. The number of carbonyl (C=O) groups excluding carboxylic acids is 1. The second-order valence-electron chi connectivity index (χ2n) is 6.83. The summed E-state index contributed by atoms with van der Waals surface area (Å²) in [5.74, 6) is 0.487. The van der Waals surface area contributed by atoms with E-state index in [4.69, 9.17) is 0 Å². The number of guanidine groups is 1. The van der Waals surface area contributed by atoms with Crippen molar-refractivity contribution in [3.8, 4) is 0 Å². The Morgan fingerprint density at radius 1 is 1.44 bits per heavy atom. The number of amides is 1. The Hall–Kier alpha value is -1.65. The molecular weight excluding hydrogens is 388 g/mol. The van der Waals surface area contributed by atoms with Gasteiger partial charge in [-0.1, -0.05) is 0 Å². The maximum absolute atomic E-state index is 12.0. The van der Waals surface area contributed by atoms with Crippen molar-refractivity contribution in [2.75, 3.05) is 31.1 Å². The highest BCUT2D eigenvalue weighted by Gasteiger charge is 2.28. The minimum atomic E-state index is -3.00. The van der Waals surface area contributed by atoms with Gasteiger partial charge >= 0.3 is 0 Å². The zero-order chi connectivity index (χ0) is 19.9. The van der Waals surface area contributed by atoms with E-state index in [1.54, 1.807) is 6.92 Å². The normalized spacial score (nSPS) is 21.4. The smallest absolute Gasteiger partial charge is 0.222 e. The largest absolute Gasteiger partial charge is 0.383 e. The van der Waals surface area contributed by atoms with E-state index in [0.717, 1.165) is 5.56 Å². The van der Waals surface area contributed by atoms with Gasteiger partial charge in [0.15, 0.2) is 15.8 Å². The summed E-state index contributed by atoms with van der Waals surface area (Å²) in [5.41, 5.74) is -0.244. The van der Waals surface area contributed by atoms with Gasteiger partial charge < -0.3 is 21.1 Å². The summed E-state index contributed by atoms with van der Waals surface area (Å²) in [6.45, 7) is 4.84. The fourth-order valence-electron chi connectivity index (χ4n) is 2.74. The van der Waals surface area contributed by atoms with Crippen molar-refractivity contribution in [2.45, 2.75) is 38.3 Å². The number of nitrogens with one attached hydrogen (secondary N) is 3. The number of carbonyl (C=O) groups is 1. The van der Waals surface area contributed by atoms with Gasteiger partial charge in [0.05, 0.1) is 18.1 Å². The van der Waals surface area contributed by atoms with E-state index >= 15 is 0 Å². The highest BCUT2D eigenvalue weighted by molar-refractivity contribution is 7.91. The van der Waals surface area contributed by atoms with Crippen molar-refractivity contribution in [1.29, 1.82) is 0 Å². The minimum absolute atomic E-state index is 0.0218. The Morgan fingerprint density at radius 3 is 2.81 bits per heavy atom. The minimum Gasteiger partial charge on any atom is -0.383 e. The molecule has 2 heterocycles. The quantitative estimate of drug-likeness (QED) is 0.355. The van der Waals surface area contributed by atoms with E-state index in [0.29, 0.717) is 25.5 Å². The zero-order valence-electron chi connectivity index (χ0n) is 15.7. The number of aliphatic imine (C=N–C) groups is 1. The van der Waals surface area contributed by atoms with Crippen LogP contribution in [0.3, 0.4) is 0 Å². The molecule has 0 aromatic carbocycles. The van der Waals surface area contributed by atoms with Gasteiger partial charge in [-0.25, -0.2) is 13.4 Å². The van der Waals surface area contributed by atoms with Crippen LogP contribution >= 0.6 is 11.3 Å². The average Bonchev–Trinajstić information content (AvgIpc) is 3.23. The van der Waals surface area contributed by atoms with E-state index in [9.17, 15) is 18.3 Å². The van der Waals surface area contributed by atoms with Crippen LogP contribution in [0.1, 0.15) is 32.3 Å². The molecule has 0 saturated carbocycles. The Kier molecular flexibility index (Phi) is 7.63. The molecule has 0 aliphatic carbocycles. The molecule has 2 atom stereocenters. The average molecular weight is 417 g/mol. The summed E-state index contributed by atoms with van der Waals surface area (Å²) in [6, 6.07) is 1.58. The third kappa shape index (κ3) is 7.11. The summed E-state index contributed by atoms with van der Waals surface area (Å²) in [7, 11) is -3.00. The van der Waals surface area contributed by atoms with Crippen LogP contribution < -0.4 is 16.0 Å². The van der Waals surface area contributed by atoms with E-state index in [2.05, 4.69) is 20.9 Å². The maximum Gasteiger partial charge on any atom is 0.222 e. The lowest BCUT2D eigenvalue weighted by molar-refractivity contribution is -0.121. The van der Waals surface area contributed by atoms with Gasteiger partial charge in [-0.2, -0.15) is 11.3 Å². The van der Waals surface area contributed by atoms with Crippen LogP contribution in [0.2, 0.25) is 0 Å². The van der Waals surface area contributed by atoms with Crippen LogP contribution in [-0.4, -0.2) is 62.6 Å². The molecule has 8 nitrogen and oxygen atoms in total. The first kappa shape index (κ1) is 21.6. The molecular formula is C17H28N4O4S2. The van der Waals surface area contributed by atoms with E-state index < -0.39 is 15.4 Å². The molecule has 0 radical (unpaired) electrons. The molecule has 10 heteroatoms. The van der Waals surface area contributed by atoms with Crippen LogP contribution in [0.4, 0.5) is 0 Å². The van der Waals surface area contributed by atoms with Crippen molar-refractivity contribution >= 4 is 33.0 Å². The Labute approximate surface area is 164 Å². The predicted octanol–water partition coefficient (Wildman–Crippen LogP) is 0.204. The lowest BCUT2D eigenvalue weighted by Gasteiger charge is -2.21. The van der Waals surface area contributed by atoms with Crippen LogP contribution in [0.5, 0.6) is 0 Å². The number of hydrogen-bond donors (Lipinski definition) is 4. The first-order valence-electron chi connectivity index (χ1n) is 8.99. The number of hydrogen-bond acceptors (Lipinski definition) is 6. The van der Waals surface area contributed by atoms with Gasteiger partial charge in [0.2, 0.25) is 5.91 Å². The lowest BCUT2D eigenvalue weighted by atomic mass is 10.00. The molecule has 1 fully saturated rings. The van der Waals surface area contributed by atoms with E-state index in [1.807, 2.05) is 23.8 Å². The molecule has 1 aromatic heterocycles. The van der Waals surface area contributed by atoms with Crippen LogP contribution in [0.15, 0.2) is 21.8 Å². The monoisotopic (exact) mass is 416 g/mol. The van der Waals surface area contributed by atoms with Gasteiger partial charge in [0.25, 0.3) is 0 Å². The molecule has 1 saturated heterocycles. The molecule has 2 rings (SSSR count). The first-order chi connectivity index (χ1) is 12.7. The Morgan fingerprint density at radius 2 is 2.22 bits per heavy atom. The van der Waals surface area contributed by atoms with Crippen molar-refractivity contribution in [2.24, 2.45) is 4.99 Å². The van der Waals surface area contributed by atoms with Gasteiger partial charge in [-0.15, -0.1) is 0 Å². The second-order valence-corrected chi connectivity index (χ2v) is 9.83. The first-order valence-corrected chi connectivity index (χ1v) is 11.8. The highest BCUT2D eigenvalue weighted by Crippen LogP contribution is 2.23. The molecule has 0 spiro atoms. The van der Waals surface area contributed by atoms with Crippen molar-refractivity contribution in [1.82, 2.24) is 16.0 Å². The van der Waals surface area contributed by atoms with Crippen LogP contribution in [-0.2, 0) is 20.2 Å². The maximum atomic E-state index is 12.0. The molecule has 1 amide bonds. The van der Waals surface area contributed by atoms with E-state index in [1.165, 1.54) is 11.3 Å². The summed E-state index contributed by atoms with van der Waals surface area (Å²) < 4.78 is 22.9. The number of nitrogens with zero attached hydrogens (tertiary/aromatic N) is 1. The number of thiophene rings is 1. The van der Waals surface area contributed by atoms with Crippen molar-refractivity contribution < 1.29 is 18.3 Å². The number of rotatable bonds is 8.